The number of esters is 1. The van der Waals surface area contributed by atoms with Crippen LogP contribution in [0.5, 0.6) is 0 Å². The monoisotopic (exact) mass is 436 g/mol. The number of nitrogens with zero attached hydrogens (tertiary/aromatic N) is 2. The quantitative estimate of drug-likeness (QED) is 0.647. The molecule has 2 heterocycles. The lowest BCUT2D eigenvalue weighted by Crippen LogP contribution is -2.54. The van der Waals surface area contributed by atoms with Gasteiger partial charge < -0.3 is 24.2 Å². The van der Waals surface area contributed by atoms with Crippen molar-refractivity contribution in [2.45, 2.75) is 58.0 Å². The highest BCUT2D eigenvalue weighted by Gasteiger charge is 2.37. The van der Waals surface area contributed by atoms with E-state index in [1.54, 1.807) is 20.8 Å². The van der Waals surface area contributed by atoms with E-state index in [0.29, 0.717) is 52.4 Å². The number of amides is 1. The predicted octanol–water partition coefficient (Wildman–Crippen LogP) is 1.14. The molecule has 0 spiro atoms. The number of aliphatic hydroxyl groups is 1. The van der Waals surface area contributed by atoms with Gasteiger partial charge in [-0.2, -0.15) is 0 Å². The fourth-order valence-electron chi connectivity index (χ4n) is 4.14. The summed E-state index contributed by atoms with van der Waals surface area (Å²) in [5, 5.41) is 10.5. The van der Waals surface area contributed by atoms with E-state index in [4.69, 9.17) is 14.2 Å². The fourth-order valence-corrected chi connectivity index (χ4v) is 4.14. The van der Waals surface area contributed by atoms with Gasteiger partial charge in [0, 0.05) is 32.2 Å². The van der Waals surface area contributed by atoms with Crippen LogP contribution in [-0.2, 0) is 23.8 Å². The molecule has 3 aliphatic rings. The zero-order valence-electron chi connectivity index (χ0n) is 19.1. The van der Waals surface area contributed by atoms with Crippen molar-refractivity contribution >= 4 is 11.9 Å². The third-order valence-electron chi connectivity index (χ3n) is 5.80. The molecule has 0 aromatic carbocycles. The number of ether oxygens (including phenoxy) is 3. The molecule has 0 aromatic rings. The first-order chi connectivity index (χ1) is 14.6. The molecule has 2 aliphatic heterocycles. The highest BCUT2D eigenvalue weighted by molar-refractivity contribution is 5.79. The summed E-state index contributed by atoms with van der Waals surface area (Å²) in [4.78, 5) is 29.0. The first kappa shape index (κ1) is 23.9. The van der Waals surface area contributed by atoms with Crippen LogP contribution in [0.4, 0.5) is 0 Å². The van der Waals surface area contributed by atoms with Crippen LogP contribution < -0.4 is 0 Å². The van der Waals surface area contributed by atoms with Crippen molar-refractivity contribution in [1.82, 2.24) is 9.80 Å². The third kappa shape index (κ3) is 6.62. The Labute approximate surface area is 184 Å². The van der Waals surface area contributed by atoms with Crippen molar-refractivity contribution < 1.29 is 28.9 Å². The Kier molecular flexibility index (Phi) is 7.91. The van der Waals surface area contributed by atoms with Crippen LogP contribution in [0.25, 0.3) is 0 Å². The average molecular weight is 437 g/mol. The molecule has 8 nitrogen and oxygen atoms in total. The van der Waals surface area contributed by atoms with Crippen molar-refractivity contribution in [3.8, 4) is 0 Å². The summed E-state index contributed by atoms with van der Waals surface area (Å²) < 4.78 is 16.3. The number of hydrogen-bond donors (Lipinski definition) is 1. The maximum atomic E-state index is 12.6. The van der Waals surface area contributed by atoms with Gasteiger partial charge in [0.15, 0.2) is 6.10 Å². The number of carbonyl (C=O) groups excluding carboxylic acids is 2. The molecular weight excluding hydrogens is 400 g/mol. The Balaban J connectivity index is 1.62. The lowest BCUT2D eigenvalue weighted by atomic mass is 9.90. The van der Waals surface area contributed by atoms with Crippen molar-refractivity contribution in [3.05, 3.63) is 23.8 Å². The Bertz CT molecular complexity index is 707. The normalized spacial score (nSPS) is 28.7. The van der Waals surface area contributed by atoms with Gasteiger partial charge in [0.1, 0.15) is 11.7 Å². The second kappa shape index (κ2) is 10.3. The molecule has 1 aliphatic carbocycles. The van der Waals surface area contributed by atoms with Gasteiger partial charge in [0.25, 0.3) is 0 Å². The molecule has 0 bridgehead atoms. The molecule has 1 amide bonds. The van der Waals surface area contributed by atoms with Gasteiger partial charge >= 0.3 is 5.97 Å². The van der Waals surface area contributed by atoms with Gasteiger partial charge in [-0.1, -0.05) is 25.2 Å². The number of rotatable bonds is 5. The lowest BCUT2D eigenvalue weighted by molar-refractivity contribution is -0.178. The van der Waals surface area contributed by atoms with Crippen molar-refractivity contribution in [1.29, 1.82) is 0 Å². The SMILES string of the molecule is CC1C=CC(CC(=O)N2CCOCC2)=CC1N1CCOC(C(O)C(=O)OC(C)(C)C)C1. The minimum atomic E-state index is -1.33. The first-order valence-corrected chi connectivity index (χ1v) is 11.1. The van der Waals surface area contributed by atoms with E-state index in [1.807, 2.05) is 11.0 Å². The van der Waals surface area contributed by atoms with E-state index in [0.717, 1.165) is 5.57 Å². The molecule has 1 N–H and O–H groups in total. The van der Waals surface area contributed by atoms with Gasteiger partial charge in [-0.05, 0) is 32.3 Å². The van der Waals surface area contributed by atoms with E-state index < -0.39 is 23.8 Å². The highest BCUT2D eigenvalue weighted by Crippen LogP contribution is 2.26. The summed E-state index contributed by atoms with van der Waals surface area (Å²) in [7, 11) is 0. The predicted molar refractivity (Wildman–Crippen MR) is 115 cm³/mol. The number of carbonyl (C=O) groups is 2. The maximum Gasteiger partial charge on any atom is 0.338 e. The van der Waals surface area contributed by atoms with Crippen molar-refractivity contribution in [2.75, 3.05) is 46.0 Å². The molecule has 4 unspecified atom stereocenters. The summed E-state index contributed by atoms with van der Waals surface area (Å²) in [5.74, 6) is -0.296. The minimum Gasteiger partial charge on any atom is -0.458 e. The Morgan fingerprint density at radius 3 is 2.61 bits per heavy atom. The van der Waals surface area contributed by atoms with Crippen LogP contribution >= 0.6 is 0 Å². The first-order valence-electron chi connectivity index (χ1n) is 11.1. The standard InChI is InChI=1S/C23H36N2O6/c1-16-5-6-17(14-20(26)24-7-10-29-11-8-24)13-18(16)25-9-12-30-19(15-25)21(27)22(28)31-23(2,3)4/h5-6,13,16,18-19,21,27H,7-12,14-15H2,1-4H3. The summed E-state index contributed by atoms with van der Waals surface area (Å²) in [6.07, 6.45) is 4.70. The smallest absolute Gasteiger partial charge is 0.338 e. The van der Waals surface area contributed by atoms with E-state index in [2.05, 4.69) is 24.0 Å². The number of morpholine rings is 2. The van der Waals surface area contributed by atoms with Crippen molar-refractivity contribution in [3.63, 3.8) is 0 Å². The second-order valence-electron chi connectivity index (χ2n) is 9.50. The fraction of sp³-hybridized carbons (Fsp3) is 0.739. The molecule has 174 valence electrons. The molecule has 3 rings (SSSR count). The van der Waals surface area contributed by atoms with Crippen LogP contribution in [0.1, 0.15) is 34.1 Å². The summed E-state index contributed by atoms with van der Waals surface area (Å²) >= 11 is 0. The molecule has 2 fully saturated rings. The Hall–Kier alpha value is -1.74. The summed E-state index contributed by atoms with van der Waals surface area (Å²) in [6, 6.07) is 0.0784. The summed E-state index contributed by atoms with van der Waals surface area (Å²) in [5.41, 5.74) is 0.329. The van der Waals surface area contributed by atoms with E-state index in [1.165, 1.54) is 0 Å². The van der Waals surface area contributed by atoms with Crippen molar-refractivity contribution in [2.24, 2.45) is 5.92 Å². The highest BCUT2D eigenvalue weighted by atomic mass is 16.6. The molecule has 0 radical (unpaired) electrons. The number of aliphatic hydroxyl groups excluding tert-OH is 1. The summed E-state index contributed by atoms with van der Waals surface area (Å²) in [6.45, 7) is 11.5. The molecule has 4 atom stereocenters. The van der Waals surface area contributed by atoms with Crippen LogP contribution in [-0.4, -0.2) is 96.6 Å². The topological polar surface area (TPSA) is 88.5 Å². The second-order valence-corrected chi connectivity index (χ2v) is 9.50. The van der Waals surface area contributed by atoms with Crippen LogP contribution in [0.3, 0.4) is 0 Å². The third-order valence-corrected chi connectivity index (χ3v) is 5.80. The molecule has 2 saturated heterocycles. The molecule has 0 aromatic heterocycles. The Morgan fingerprint density at radius 2 is 1.94 bits per heavy atom. The van der Waals surface area contributed by atoms with Gasteiger partial charge in [0.2, 0.25) is 5.91 Å². The van der Waals surface area contributed by atoms with E-state index in [-0.39, 0.29) is 17.9 Å². The van der Waals surface area contributed by atoms with Crippen LogP contribution in [0.2, 0.25) is 0 Å². The van der Waals surface area contributed by atoms with Crippen LogP contribution in [0, 0.1) is 5.92 Å². The van der Waals surface area contributed by atoms with E-state index >= 15 is 0 Å². The molecule has 8 heteroatoms. The molecule has 31 heavy (non-hydrogen) atoms. The lowest BCUT2D eigenvalue weighted by Gasteiger charge is -2.41. The number of allylic oxidation sites excluding steroid dienone is 1. The zero-order valence-corrected chi connectivity index (χ0v) is 19.1. The molecular formula is C23H36N2O6. The minimum absolute atomic E-state index is 0.0784. The van der Waals surface area contributed by atoms with Gasteiger partial charge in [-0.3, -0.25) is 9.69 Å². The largest absolute Gasteiger partial charge is 0.458 e. The van der Waals surface area contributed by atoms with Gasteiger partial charge in [-0.25, -0.2) is 4.79 Å². The Morgan fingerprint density at radius 1 is 1.23 bits per heavy atom. The van der Waals surface area contributed by atoms with Crippen LogP contribution in [0.15, 0.2) is 23.8 Å². The zero-order chi connectivity index (χ0) is 22.6. The van der Waals surface area contributed by atoms with Gasteiger partial charge in [0.05, 0.1) is 26.2 Å². The molecule has 0 saturated carbocycles. The van der Waals surface area contributed by atoms with E-state index in [9.17, 15) is 14.7 Å². The van der Waals surface area contributed by atoms with Gasteiger partial charge in [-0.15, -0.1) is 0 Å². The number of hydrogen-bond acceptors (Lipinski definition) is 7. The maximum absolute atomic E-state index is 12.6. The average Bonchev–Trinajstić information content (AvgIpc) is 2.74.